The number of aryl methyl sites for hydroxylation is 1. The van der Waals surface area contributed by atoms with E-state index in [1.165, 1.54) is 17.0 Å². The van der Waals surface area contributed by atoms with Crippen LogP contribution in [0.3, 0.4) is 0 Å². The van der Waals surface area contributed by atoms with E-state index in [2.05, 4.69) is 15.6 Å². The van der Waals surface area contributed by atoms with Crippen LogP contribution in [0, 0.1) is 5.92 Å². The number of carbonyl (C=O) groups is 2. The first-order valence-corrected chi connectivity index (χ1v) is 14.6. The minimum Gasteiger partial charge on any atom is -0.396 e. The molecular weight excluding hydrogens is 586 g/mol. The number of amides is 2. The fourth-order valence-electron chi connectivity index (χ4n) is 5.56. The molecule has 240 valence electrons. The van der Waals surface area contributed by atoms with Gasteiger partial charge in [0.05, 0.1) is 17.9 Å². The van der Waals surface area contributed by atoms with Gasteiger partial charge in [-0.05, 0) is 30.2 Å². The highest BCUT2D eigenvalue weighted by molar-refractivity contribution is 6.08. The summed E-state index contributed by atoms with van der Waals surface area (Å²) < 4.78 is 6.68. The number of ether oxygens (including phenoxy) is 1. The summed E-state index contributed by atoms with van der Waals surface area (Å²) in [6.07, 6.45) is -2.77. The number of hydrogen-bond acceptors (Lipinski definition) is 11. The molecule has 0 radical (unpaired) electrons. The Labute approximate surface area is 258 Å². The minimum absolute atomic E-state index is 0.0242. The van der Waals surface area contributed by atoms with Crippen LogP contribution in [0.4, 0.5) is 11.4 Å². The first-order valence-electron chi connectivity index (χ1n) is 14.6. The van der Waals surface area contributed by atoms with E-state index < -0.39 is 54.0 Å². The first kappa shape index (κ1) is 32.4. The van der Waals surface area contributed by atoms with Crippen LogP contribution in [-0.4, -0.2) is 94.8 Å². The zero-order chi connectivity index (χ0) is 32.3. The van der Waals surface area contributed by atoms with Gasteiger partial charge in [-0.15, -0.1) is 5.10 Å². The molecule has 7 atom stereocenters. The SMILES string of the molecule is C[C@H](/C=C/CCn1cc(CCO)nn1)[C@@]1(O)C(=O)N(Cc2ccccc2)c2ccc(NC(=O)[C@H]3O[C@@H](O)[C@H](O)[C@@H](O)[C@@H]3O)cc21. The third kappa shape index (κ3) is 6.53. The zero-order valence-electron chi connectivity index (χ0n) is 24.5. The van der Waals surface area contributed by atoms with Gasteiger partial charge in [-0.1, -0.05) is 54.6 Å². The molecule has 3 heterocycles. The van der Waals surface area contributed by atoms with Crippen molar-refractivity contribution in [1.29, 1.82) is 0 Å². The summed E-state index contributed by atoms with van der Waals surface area (Å²) in [7, 11) is 0. The Morgan fingerprint density at radius 1 is 1.11 bits per heavy atom. The standard InChI is InChI=1S/C31H37N5O9/c1-18(7-5-6-13-35-17-21(12-14-37)33-34-35)31(44)22-15-20(32-28(41)27-25(39)24(38)26(40)29(42)45-27)10-11-23(22)36(30(31)43)16-19-8-3-2-4-9-19/h2-5,7-11,15,17-18,24-27,29,37-40,42,44H,6,12-14,16H2,1H3,(H,32,41)/b7-5+/t18-,24+,25+,26-,27+,29-,31+/m1/s1. The Bertz CT molecular complexity index is 1530. The van der Waals surface area contributed by atoms with E-state index in [1.54, 1.807) is 29.9 Å². The fourth-order valence-corrected chi connectivity index (χ4v) is 5.56. The van der Waals surface area contributed by atoms with E-state index in [1.807, 2.05) is 36.4 Å². The number of nitrogens with one attached hydrogen (secondary N) is 1. The van der Waals surface area contributed by atoms with Crippen molar-refractivity contribution in [2.45, 2.75) is 69.2 Å². The van der Waals surface area contributed by atoms with Gasteiger partial charge in [0.1, 0.15) is 18.3 Å². The molecule has 0 unspecified atom stereocenters. The monoisotopic (exact) mass is 623 g/mol. The molecule has 14 nitrogen and oxygen atoms in total. The van der Waals surface area contributed by atoms with Crippen molar-refractivity contribution in [2.75, 3.05) is 16.8 Å². The van der Waals surface area contributed by atoms with Crippen LogP contribution in [0.15, 0.2) is 66.9 Å². The van der Waals surface area contributed by atoms with Gasteiger partial charge in [-0.25, -0.2) is 0 Å². The van der Waals surface area contributed by atoms with Gasteiger partial charge in [-0.2, -0.15) is 0 Å². The number of carbonyl (C=O) groups excluding carboxylic acids is 2. The van der Waals surface area contributed by atoms with Gasteiger partial charge in [0.25, 0.3) is 11.8 Å². The maximum atomic E-state index is 14.0. The highest BCUT2D eigenvalue weighted by Gasteiger charge is 2.53. The molecular formula is C31H37N5O9. The Morgan fingerprint density at radius 3 is 2.60 bits per heavy atom. The van der Waals surface area contributed by atoms with Crippen LogP contribution in [0.5, 0.6) is 0 Å². The van der Waals surface area contributed by atoms with Gasteiger partial charge in [0.15, 0.2) is 18.0 Å². The normalized spacial score (nSPS) is 27.1. The molecule has 0 spiro atoms. The first-order chi connectivity index (χ1) is 21.5. The molecule has 0 saturated carbocycles. The molecule has 1 fully saturated rings. The van der Waals surface area contributed by atoms with E-state index in [0.29, 0.717) is 30.8 Å². The molecule has 3 aromatic rings. The number of rotatable bonds is 11. The second-order valence-electron chi connectivity index (χ2n) is 11.2. The van der Waals surface area contributed by atoms with Crippen LogP contribution < -0.4 is 10.2 Å². The quantitative estimate of drug-likeness (QED) is 0.136. The van der Waals surface area contributed by atoms with Crippen molar-refractivity contribution in [1.82, 2.24) is 15.0 Å². The molecule has 1 saturated heterocycles. The van der Waals surface area contributed by atoms with E-state index >= 15 is 0 Å². The molecule has 14 heteroatoms. The summed E-state index contributed by atoms with van der Waals surface area (Å²) in [4.78, 5) is 28.4. The average Bonchev–Trinajstić information content (AvgIpc) is 3.57. The van der Waals surface area contributed by atoms with Crippen molar-refractivity contribution in [3.63, 3.8) is 0 Å². The molecule has 45 heavy (non-hydrogen) atoms. The van der Waals surface area contributed by atoms with Gasteiger partial charge < -0.3 is 45.6 Å². The number of aromatic nitrogens is 3. The number of benzene rings is 2. The number of hydrogen-bond donors (Lipinski definition) is 7. The molecule has 2 aliphatic rings. The lowest BCUT2D eigenvalue weighted by molar-refractivity contribution is -0.274. The van der Waals surface area contributed by atoms with Crippen molar-refractivity contribution in [2.24, 2.45) is 5.92 Å². The maximum Gasteiger partial charge on any atom is 0.264 e. The molecule has 2 aliphatic heterocycles. The molecule has 7 N–H and O–H groups in total. The van der Waals surface area contributed by atoms with Crippen molar-refractivity contribution >= 4 is 23.2 Å². The highest BCUT2D eigenvalue weighted by Crippen LogP contribution is 2.47. The molecule has 0 aliphatic carbocycles. The second-order valence-corrected chi connectivity index (χ2v) is 11.2. The summed E-state index contributed by atoms with van der Waals surface area (Å²) in [5.41, 5.74) is 0.389. The zero-order valence-corrected chi connectivity index (χ0v) is 24.5. The fraction of sp³-hybridized carbons (Fsp3) is 0.419. The van der Waals surface area contributed by atoms with Crippen LogP contribution in [0.25, 0.3) is 0 Å². The third-order valence-corrected chi connectivity index (χ3v) is 8.13. The smallest absolute Gasteiger partial charge is 0.264 e. The Hall–Kier alpha value is -4.02. The topological polar surface area (TPSA) is 211 Å². The average molecular weight is 624 g/mol. The Balaban J connectivity index is 1.39. The Kier molecular flexibility index (Phi) is 9.74. The molecule has 2 amide bonds. The predicted molar refractivity (Wildman–Crippen MR) is 159 cm³/mol. The summed E-state index contributed by atoms with van der Waals surface area (Å²) in [5, 5.41) is 71.6. The largest absolute Gasteiger partial charge is 0.396 e. The lowest BCUT2D eigenvalue weighted by Gasteiger charge is -2.37. The number of nitrogens with zero attached hydrogens (tertiary/aromatic N) is 4. The van der Waals surface area contributed by atoms with E-state index in [9.17, 15) is 35.1 Å². The van der Waals surface area contributed by atoms with Crippen molar-refractivity contribution < 1.29 is 45.0 Å². The summed E-state index contributed by atoms with van der Waals surface area (Å²) in [5.74, 6) is -2.16. The number of allylic oxidation sites excluding steroid dienone is 1. The second kappa shape index (κ2) is 13.5. The van der Waals surface area contributed by atoms with Crippen LogP contribution in [0.1, 0.15) is 30.2 Å². The number of fused-ring (bicyclic) bond motifs is 1. The van der Waals surface area contributed by atoms with Gasteiger partial charge in [-0.3, -0.25) is 14.3 Å². The Morgan fingerprint density at radius 2 is 1.87 bits per heavy atom. The van der Waals surface area contributed by atoms with E-state index in [-0.39, 0.29) is 24.4 Å². The number of aliphatic hydroxyl groups excluding tert-OH is 5. The predicted octanol–water partition coefficient (Wildman–Crippen LogP) is -0.432. The molecule has 2 aromatic carbocycles. The van der Waals surface area contributed by atoms with E-state index in [4.69, 9.17) is 9.84 Å². The molecule has 0 bridgehead atoms. The van der Waals surface area contributed by atoms with Crippen LogP contribution in [-0.2, 0) is 39.4 Å². The number of anilines is 2. The maximum absolute atomic E-state index is 14.0. The van der Waals surface area contributed by atoms with Gasteiger partial charge >= 0.3 is 0 Å². The minimum atomic E-state index is -2.00. The summed E-state index contributed by atoms with van der Waals surface area (Å²) in [6, 6.07) is 13.9. The molecule has 5 rings (SSSR count). The number of aliphatic hydroxyl groups is 6. The summed E-state index contributed by atoms with van der Waals surface area (Å²) in [6.45, 7) is 2.38. The molecule has 1 aromatic heterocycles. The summed E-state index contributed by atoms with van der Waals surface area (Å²) >= 11 is 0. The van der Waals surface area contributed by atoms with Crippen LogP contribution >= 0.6 is 0 Å². The third-order valence-electron chi connectivity index (χ3n) is 8.13. The lowest BCUT2D eigenvalue weighted by Crippen LogP contribution is -2.60. The lowest BCUT2D eigenvalue weighted by atomic mass is 9.82. The van der Waals surface area contributed by atoms with E-state index in [0.717, 1.165) is 5.56 Å². The van der Waals surface area contributed by atoms with Crippen molar-refractivity contribution in [3.8, 4) is 0 Å². The van der Waals surface area contributed by atoms with Gasteiger partial charge in [0, 0.05) is 42.9 Å². The van der Waals surface area contributed by atoms with Crippen molar-refractivity contribution in [3.05, 3.63) is 83.7 Å². The van der Waals surface area contributed by atoms with Gasteiger partial charge in [0.2, 0.25) is 0 Å². The van der Waals surface area contributed by atoms with Crippen LogP contribution in [0.2, 0.25) is 0 Å². The highest BCUT2D eigenvalue weighted by atomic mass is 16.6.